The van der Waals surface area contributed by atoms with Gasteiger partial charge in [0.05, 0.1) is 13.7 Å². The van der Waals surface area contributed by atoms with Crippen LogP contribution in [-0.2, 0) is 16.1 Å². The number of hydrogen-bond donors (Lipinski definition) is 0. The molecule has 1 aromatic heterocycles. The standard InChI is InChI=1S/C24H24N4O3S/c1-4-21(30)27(2)22-23(28(14-15-29)16-18-8-6-5-7-9-18)25-17-26-24(22)32-20-12-10-19(31-3)11-13-20/h4-13,15,17H,1,14,16H2,2-3H3. The second kappa shape index (κ2) is 11.1. The van der Waals surface area contributed by atoms with Gasteiger partial charge in [-0.2, -0.15) is 0 Å². The zero-order valence-electron chi connectivity index (χ0n) is 18.0. The van der Waals surface area contributed by atoms with Crippen LogP contribution in [0, 0.1) is 0 Å². The van der Waals surface area contributed by atoms with Gasteiger partial charge >= 0.3 is 0 Å². The first-order valence-electron chi connectivity index (χ1n) is 9.87. The summed E-state index contributed by atoms with van der Waals surface area (Å²) < 4.78 is 5.22. The van der Waals surface area contributed by atoms with E-state index in [1.165, 1.54) is 29.1 Å². The number of carbonyl (C=O) groups excluding carboxylic acids is 2. The smallest absolute Gasteiger partial charge is 0.250 e. The number of nitrogens with zero attached hydrogens (tertiary/aromatic N) is 4. The van der Waals surface area contributed by atoms with E-state index in [2.05, 4.69) is 16.5 Å². The maximum atomic E-state index is 12.5. The lowest BCUT2D eigenvalue weighted by molar-refractivity contribution is -0.114. The molecule has 1 heterocycles. The Morgan fingerprint density at radius 2 is 1.84 bits per heavy atom. The number of likely N-dealkylation sites (N-methyl/N-ethyl adjacent to an activating group) is 1. The molecule has 0 saturated carbocycles. The molecule has 32 heavy (non-hydrogen) atoms. The predicted octanol–water partition coefficient (Wildman–Crippen LogP) is 3.99. The van der Waals surface area contributed by atoms with Crippen LogP contribution >= 0.6 is 11.8 Å². The Kier molecular flexibility index (Phi) is 7.99. The maximum absolute atomic E-state index is 12.5. The van der Waals surface area contributed by atoms with Crippen molar-refractivity contribution in [1.29, 1.82) is 0 Å². The molecule has 0 N–H and O–H groups in total. The van der Waals surface area contributed by atoms with Crippen LogP contribution in [0.3, 0.4) is 0 Å². The fourth-order valence-corrected chi connectivity index (χ4v) is 4.00. The summed E-state index contributed by atoms with van der Waals surface area (Å²) in [6, 6.07) is 17.3. The van der Waals surface area contributed by atoms with Crippen LogP contribution in [-0.4, -0.2) is 42.9 Å². The van der Waals surface area contributed by atoms with Crippen LogP contribution in [0.1, 0.15) is 5.56 Å². The molecular formula is C24H24N4O3S. The zero-order valence-corrected chi connectivity index (χ0v) is 18.8. The SMILES string of the molecule is C=CC(=O)N(C)c1c(Sc2ccc(OC)cc2)ncnc1N(CC=O)Cc1ccccc1. The van der Waals surface area contributed by atoms with E-state index >= 15 is 0 Å². The second-order valence-electron chi connectivity index (χ2n) is 6.76. The number of hydrogen-bond acceptors (Lipinski definition) is 7. The van der Waals surface area contributed by atoms with E-state index in [4.69, 9.17) is 4.74 Å². The van der Waals surface area contributed by atoms with E-state index in [9.17, 15) is 9.59 Å². The molecule has 0 bridgehead atoms. The number of ether oxygens (including phenoxy) is 1. The number of aromatic nitrogens is 2. The third-order valence-corrected chi connectivity index (χ3v) is 5.69. The fraction of sp³-hybridized carbons (Fsp3) is 0.167. The molecule has 0 saturated heterocycles. The highest BCUT2D eigenvalue weighted by Gasteiger charge is 2.24. The molecule has 0 atom stereocenters. The molecule has 0 unspecified atom stereocenters. The Bertz CT molecular complexity index is 1070. The van der Waals surface area contributed by atoms with E-state index in [0.29, 0.717) is 23.1 Å². The molecule has 0 spiro atoms. The first-order valence-corrected chi connectivity index (χ1v) is 10.7. The molecule has 8 heteroatoms. The maximum Gasteiger partial charge on any atom is 0.250 e. The molecule has 3 rings (SSSR count). The van der Waals surface area contributed by atoms with Crippen LogP contribution in [0.5, 0.6) is 5.75 Å². The molecule has 0 aliphatic rings. The number of amides is 1. The lowest BCUT2D eigenvalue weighted by Gasteiger charge is -2.28. The largest absolute Gasteiger partial charge is 0.497 e. The normalized spacial score (nSPS) is 10.3. The van der Waals surface area contributed by atoms with Gasteiger partial charge in [0.25, 0.3) is 0 Å². The average Bonchev–Trinajstić information content (AvgIpc) is 2.84. The summed E-state index contributed by atoms with van der Waals surface area (Å²) in [5.41, 5.74) is 1.52. The average molecular weight is 449 g/mol. The molecule has 0 aliphatic heterocycles. The van der Waals surface area contributed by atoms with E-state index in [-0.39, 0.29) is 12.5 Å². The number of benzene rings is 2. The highest BCUT2D eigenvalue weighted by atomic mass is 32.2. The molecule has 2 aromatic carbocycles. The number of methoxy groups -OCH3 is 1. The third-order valence-electron chi connectivity index (χ3n) is 4.69. The fourth-order valence-electron chi connectivity index (χ4n) is 3.08. The van der Waals surface area contributed by atoms with Crippen LogP contribution < -0.4 is 14.5 Å². The van der Waals surface area contributed by atoms with Gasteiger partial charge < -0.3 is 19.3 Å². The van der Waals surface area contributed by atoms with Gasteiger partial charge in [0.15, 0.2) is 5.82 Å². The monoisotopic (exact) mass is 448 g/mol. The summed E-state index contributed by atoms with van der Waals surface area (Å²) in [6.45, 7) is 4.16. The summed E-state index contributed by atoms with van der Waals surface area (Å²) >= 11 is 1.40. The van der Waals surface area contributed by atoms with Crippen molar-refractivity contribution < 1.29 is 14.3 Å². The summed E-state index contributed by atoms with van der Waals surface area (Å²) in [5, 5.41) is 0.585. The van der Waals surface area contributed by atoms with Gasteiger partial charge in [0.1, 0.15) is 29.1 Å². The van der Waals surface area contributed by atoms with Gasteiger partial charge in [-0.05, 0) is 35.9 Å². The van der Waals surface area contributed by atoms with Gasteiger partial charge in [0, 0.05) is 18.5 Å². The Hall–Kier alpha value is -3.65. The van der Waals surface area contributed by atoms with E-state index < -0.39 is 0 Å². The molecule has 0 aliphatic carbocycles. The van der Waals surface area contributed by atoms with E-state index in [0.717, 1.165) is 22.5 Å². The van der Waals surface area contributed by atoms with Crippen molar-refractivity contribution in [2.75, 3.05) is 30.5 Å². The van der Waals surface area contributed by atoms with E-state index in [1.807, 2.05) is 59.5 Å². The summed E-state index contributed by atoms with van der Waals surface area (Å²) in [6.07, 6.45) is 3.50. The number of anilines is 2. The van der Waals surface area contributed by atoms with Gasteiger partial charge in [0.2, 0.25) is 5.91 Å². The Labute approximate surface area is 191 Å². The number of aldehydes is 1. The number of rotatable bonds is 10. The van der Waals surface area contributed by atoms with Crippen molar-refractivity contribution in [1.82, 2.24) is 9.97 Å². The highest BCUT2D eigenvalue weighted by molar-refractivity contribution is 7.99. The van der Waals surface area contributed by atoms with Crippen molar-refractivity contribution in [3.63, 3.8) is 0 Å². The summed E-state index contributed by atoms with van der Waals surface area (Å²) in [4.78, 5) is 37.1. The van der Waals surface area contributed by atoms with Gasteiger partial charge in [-0.15, -0.1) is 0 Å². The van der Waals surface area contributed by atoms with Crippen molar-refractivity contribution >= 4 is 35.5 Å². The minimum Gasteiger partial charge on any atom is -0.497 e. The predicted molar refractivity (Wildman–Crippen MR) is 126 cm³/mol. The molecule has 0 fully saturated rings. The molecule has 164 valence electrons. The summed E-state index contributed by atoms with van der Waals surface area (Å²) in [5.74, 6) is 0.935. The first kappa shape index (κ1) is 23.0. The zero-order chi connectivity index (χ0) is 22.9. The minimum atomic E-state index is -0.302. The lowest BCUT2D eigenvalue weighted by Crippen LogP contribution is -2.31. The Balaban J connectivity index is 2.06. The Morgan fingerprint density at radius 1 is 1.12 bits per heavy atom. The van der Waals surface area contributed by atoms with Crippen molar-refractivity contribution in [3.05, 3.63) is 79.1 Å². The second-order valence-corrected chi connectivity index (χ2v) is 7.83. The molecule has 3 aromatic rings. The first-order chi connectivity index (χ1) is 15.6. The minimum absolute atomic E-state index is 0.113. The molecular weight excluding hydrogens is 424 g/mol. The van der Waals surface area contributed by atoms with Gasteiger partial charge in [-0.3, -0.25) is 4.79 Å². The molecule has 7 nitrogen and oxygen atoms in total. The van der Waals surface area contributed by atoms with Crippen molar-refractivity contribution in [2.24, 2.45) is 0 Å². The van der Waals surface area contributed by atoms with Crippen LogP contribution in [0.4, 0.5) is 11.5 Å². The molecule has 1 amide bonds. The summed E-state index contributed by atoms with van der Waals surface area (Å²) in [7, 11) is 3.26. The third kappa shape index (κ3) is 5.53. The Morgan fingerprint density at radius 3 is 2.47 bits per heavy atom. The molecule has 0 radical (unpaired) electrons. The van der Waals surface area contributed by atoms with Crippen LogP contribution in [0.2, 0.25) is 0 Å². The quantitative estimate of drug-likeness (QED) is 0.264. The van der Waals surface area contributed by atoms with Crippen LogP contribution in [0.15, 0.2) is 83.5 Å². The van der Waals surface area contributed by atoms with Crippen molar-refractivity contribution in [3.8, 4) is 5.75 Å². The van der Waals surface area contributed by atoms with Crippen molar-refractivity contribution in [2.45, 2.75) is 16.5 Å². The lowest BCUT2D eigenvalue weighted by atomic mass is 10.2. The van der Waals surface area contributed by atoms with Gasteiger partial charge in [-0.1, -0.05) is 48.7 Å². The van der Waals surface area contributed by atoms with E-state index in [1.54, 1.807) is 14.2 Å². The topological polar surface area (TPSA) is 75.6 Å². The van der Waals surface area contributed by atoms with Gasteiger partial charge in [-0.25, -0.2) is 9.97 Å². The number of carbonyl (C=O) groups is 2. The van der Waals surface area contributed by atoms with Crippen LogP contribution in [0.25, 0.3) is 0 Å². The highest BCUT2D eigenvalue weighted by Crippen LogP contribution is 2.39.